The Balaban J connectivity index is 1.67. The highest BCUT2D eigenvalue weighted by Gasteiger charge is 2.23. The van der Waals surface area contributed by atoms with E-state index in [0.29, 0.717) is 0 Å². The summed E-state index contributed by atoms with van der Waals surface area (Å²) in [6.07, 6.45) is 1.87. The van der Waals surface area contributed by atoms with E-state index < -0.39 is 29.3 Å². The van der Waals surface area contributed by atoms with Crippen LogP contribution in [0.1, 0.15) is 24.9 Å². The lowest BCUT2D eigenvalue weighted by molar-refractivity contribution is 0.172. The van der Waals surface area contributed by atoms with Crippen LogP contribution >= 0.6 is 12.1 Å². The van der Waals surface area contributed by atoms with Crippen LogP contribution in [-0.4, -0.2) is 52.0 Å². The van der Waals surface area contributed by atoms with E-state index in [4.69, 9.17) is 9.15 Å². The molecule has 0 aliphatic carbocycles. The summed E-state index contributed by atoms with van der Waals surface area (Å²) in [5.74, 6) is -1.49. The Morgan fingerprint density at radius 1 is 1.30 bits per heavy atom. The van der Waals surface area contributed by atoms with Gasteiger partial charge in [-0.1, -0.05) is 0 Å². The highest BCUT2D eigenvalue weighted by molar-refractivity contribution is 7.98. The molecule has 10 nitrogen and oxygen atoms in total. The molecule has 1 aromatic carbocycles. The third-order valence-corrected chi connectivity index (χ3v) is 6.12. The predicted octanol–water partition coefficient (Wildman–Crippen LogP) is 2.84. The monoisotopic (exact) mass is 475 g/mol. The Labute approximate surface area is 192 Å². The highest BCUT2D eigenvalue weighted by atomic mass is 32.2. The first-order chi connectivity index (χ1) is 15.8. The van der Waals surface area contributed by atoms with E-state index in [9.17, 15) is 14.4 Å². The van der Waals surface area contributed by atoms with Crippen molar-refractivity contribution >= 4 is 35.0 Å². The Kier molecular flexibility index (Phi) is 6.38. The standard InChI is InChI=1S/C21H22FN5O5S/c1-12(14-7-8-23-18(17(14)22)24-33-26-9-4-10-26)27-19(28)15-6-5-13(31-20(29)25(2)3)11-16(15)32-21(27)30/h5-8,11-12H,4,9-10H2,1-3H3,(H,23,24). The van der Waals surface area contributed by atoms with Gasteiger partial charge in [-0.05, 0) is 31.5 Å². The summed E-state index contributed by atoms with van der Waals surface area (Å²) < 4.78 is 31.3. The fraction of sp³-hybridized carbons (Fsp3) is 0.333. The molecule has 1 aliphatic rings. The Hall–Kier alpha value is -3.38. The SMILES string of the molecule is CC(c1ccnc(NSN2CCC2)c1F)n1c(=O)oc2cc(OC(=O)N(C)C)ccc2c1=O. The van der Waals surface area contributed by atoms with E-state index in [1.807, 2.05) is 4.31 Å². The third kappa shape index (κ3) is 4.57. The molecule has 1 saturated heterocycles. The molecule has 1 unspecified atom stereocenters. The average molecular weight is 476 g/mol. The second-order valence-corrected chi connectivity index (χ2v) is 8.58. The Morgan fingerprint density at radius 3 is 2.73 bits per heavy atom. The lowest BCUT2D eigenvalue weighted by Crippen LogP contribution is -2.35. The van der Waals surface area contributed by atoms with Crippen LogP contribution in [-0.2, 0) is 0 Å². The lowest BCUT2D eigenvalue weighted by Gasteiger charge is -2.28. The summed E-state index contributed by atoms with van der Waals surface area (Å²) in [5.41, 5.74) is -0.581. The fourth-order valence-electron chi connectivity index (χ4n) is 3.19. The molecule has 12 heteroatoms. The van der Waals surface area contributed by atoms with E-state index in [1.165, 1.54) is 68.5 Å². The van der Waals surface area contributed by atoms with Gasteiger partial charge in [0.15, 0.2) is 11.6 Å². The number of nitrogens with one attached hydrogen (secondary N) is 1. The van der Waals surface area contributed by atoms with E-state index in [2.05, 4.69) is 9.71 Å². The molecule has 0 spiro atoms. The molecular formula is C21H22FN5O5S. The topological polar surface area (TPSA) is 110 Å². The van der Waals surface area contributed by atoms with Gasteiger partial charge in [-0.15, -0.1) is 0 Å². The summed E-state index contributed by atoms with van der Waals surface area (Å²) >= 11 is 1.26. The van der Waals surface area contributed by atoms with Crippen molar-refractivity contribution in [3.63, 3.8) is 0 Å². The molecule has 3 heterocycles. The van der Waals surface area contributed by atoms with Crippen LogP contribution in [0.4, 0.5) is 15.0 Å². The van der Waals surface area contributed by atoms with Gasteiger partial charge < -0.3 is 14.1 Å². The lowest BCUT2D eigenvalue weighted by atomic mass is 10.1. The quantitative estimate of drug-likeness (QED) is 0.538. The molecule has 1 fully saturated rings. The number of nitrogens with zero attached hydrogens (tertiary/aromatic N) is 4. The van der Waals surface area contributed by atoms with Crippen molar-refractivity contribution in [2.45, 2.75) is 19.4 Å². The Morgan fingerprint density at radius 2 is 2.06 bits per heavy atom. The molecule has 0 bridgehead atoms. The van der Waals surface area contributed by atoms with E-state index in [-0.39, 0.29) is 28.1 Å². The molecule has 33 heavy (non-hydrogen) atoms. The molecule has 174 valence electrons. The highest BCUT2D eigenvalue weighted by Crippen LogP contribution is 2.27. The van der Waals surface area contributed by atoms with Crippen LogP contribution in [0, 0.1) is 5.82 Å². The number of amides is 1. The van der Waals surface area contributed by atoms with Gasteiger partial charge in [-0.3, -0.25) is 9.52 Å². The smallest absolute Gasteiger partial charge is 0.410 e. The molecular weight excluding hydrogens is 453 g/mol. The minimum atomic E-state index is -0.961. The predicted molar refractivity (Wildman–Crippen MR) is 122 cm³/mol. The number of pyridine rings is 1. The average Bonchev–Trinajstić information content (AvgIpc) is 2.73. The third-order valence-electron chi connectivity index (χ3n) is 5.21. The fourth-order valence-corrected chi connectivity index (χ4v) is 3.99. The van der Waals surface area contributed by atoms with Crippen LogP contribution in [0.5, 0.6) is 5.75 Å². The molecule has 1 atom stereocenters. The zero-order chi connectivity index (χ0) is 23.7. The van der Waals surface area contributed by atoms with Crippen molar-refractivity contribution in [1.29, 1.82) is 0 Å². The number of ether oxygens (including phenoxy) is 1. The van der Waals surface area contributed by atoms with Gasteiger partial charge in [-0.2, -0.15) is 0 Å². The second kappa shape index (κ2) is 9.24. The normalized spacial score (nSPS) is 14.5. The van der Waals surface area contributed by atoms with Gasteiger partial charge in [0.25, 0.3) is 5.56 Å². The number of rotatable bonds is 6. The number of anilines is 1. The molecule has 3 aromatic rings. The van der Waals surface area contributed by atoms with E-state index in [1.54, 1.807) is 0 Å². The van der Waals surface area contributed by atoms with Crippen molar-refractivity contribution in [3.8, 4) is 5.75 Å². The van der Waals surface area contributed by atoms with Crippen molar-refractivity contribution in [2.24, 2.45) is 0 Å². The van der Waals surface area contributed by atoms with Crippen molar-refractivity contribution in [3.05, 3.63) is 62.7 Å². The molecule has 1 aliphatic heterocycles. The van der Waals surface area contributed by atoms with Crippen LogP contribution in [0.15, 0.2) is 44.5 Å². The van der Waals surface area contributed by atoms with Crippen molar-refractivity contribution in [2.75, 3.05) is 31.9 Å². The Bertz CT molecular complexity index is 1320. The summed E-state index contributed by atoms with van der Waals surface area (Å²) in [4.78, 5) is 42.8. The molecule has 0 saturated carbocycles. The van der Waals surface area contributed by atoms with Crippen molar-refractivity contribution < 1.29 is 18.3 Å². The zero-order valence-electron chi connectivity index (χ0n) is 18.2. The van der Waals surface area contributed by atoms with Crippen LogP contribution in [0.25, 0.3) is 11.0 Å². The van der Waals surface area contributed by atoms with Crippen LogP contribution in [0.2, 0.25) is 0 Å². The molecule has 1 amide bonds. The van der Waals surface area contributed by atoms with E-state index in [0.717, 1.165) is 24.1 Å². The number of benzene rings is 1. The molecule has 1 N–H and O–H groups in total. The minimum Gasteiger partial charge on any atom is -0.410 e. The molecule has 2 aromatic heterocycles. The minimum absolute atomic E-state index is 0.0156. The first-order valence-corrected chi connectivity index (χ1v) is 10.9. The number of aromatic nitrogens is 2. The maximum Gasteiger partial charge on any atom is 0.422 e. The number of fused-ring (bicyclic) bond motifs is 1. The van der Waals surface area contributed by atoms with Gasteiger partial charge in [-0.25, -0.2) is 27.8 Å². The van der Waals surface area contributed by atoms with Gasteiger partial charge in [0.05, 0.1) is 11.4 Å². The maximum absolute atomic E-state index is 15.1. The summed E-state index contributed by atoms with van der Waals surface area (Å²) in [7, 11) is 3.04. The second-order valence-electron chi connectivity index (χ2n) is 7.68. The number of carbonyl (C=O) groups excluding carboxylic acids is 1. The summed E-state index contributed by atoms with van der Waals surface area (Å²) in [6, 6.07) is 4.56. The summed E-state index contributed by atoms with van der Waals surface area (Å²) in [5, 5.41) is 0.0900. The number of carbonyl (C=O) groups is 1. The number of hydrogen-bond acceptors (Lipinski definition) is 9. The van der Waals surface area contributed by atoms with Gasteiger partial charge in [0, 0.05) is 57.1 Å². The van der Waals surface area contributed by atoms with Crippen LogP contribution in [0.3, 0.4) is 0 Å². The molecule has 4 rings (SSSR count). The first-order valence-electron chi connectivity index (χ1n) is 10.2. The van der Waals surface area contributed by atoms with Gasteiger partial charge in [0.2, 0.25) is 0 Å². The molecule has 0 radical (unpaired) electrons. The van der Waals surface area contributed by atoms with Gasteiger partial charge in [0.1, 0.15) is 11.3 Å². The number of halogens is 1. The summed E-state index contributed by atoms with van der Waals surface area (Å²) in [6.45, 7) is 3.33. The van der Waals surface area contributed by atoms with E-state index >= 15 is 4.39 Å². The largest absolute Gasteiger partial charge is 0.422 e. The zero-order valence-corrected chi connectivity index (χ0v) is 19.0. The first kappa shape index (κ1) is 22.8. The maximum atomic E-state index is 15.1. The van der Waals surface area contributed by atoms with Gasteiger partial charge >= 0.3 is 11.8 Å². The van der Waals surface area contributed by atoms with Crippen LogP contribution < -0.4 is 20.8 Å². The number of hydrogen-bond donors (Lipinski definition) is 1. The van der Waals surface area contributed by atoms with Crippen molar-refractivity contribution in [1.82, 2.24) is 18.8 Å².